The summed E-state index contributed by atoms with van der Waals surface area (Å²) in [6.45, 7) is -0.686. The number of pyridine rings is 1. The van der Waals surface area contributed by atoms with E-state index in [4.69, 9.17) is 27.9 Å². The molecule has 0 unspecified atom stereocenters. The van der Waals surface area contributed by atoms with Crippen molar-refractivity contribution in [2.45, 2.75) is 19.1 Å². The highest BCUT2D eigenvalue weighted by molar-refractivity contribution is 6.32. The number of amides is 1. The number of ether oxygens (including phenoxy) is 1. The Hall–Kier alpha value is -4.41. The van der Waals surface area contributed by atoms with Crippen LogP contribution in [0.5, 0.6) is 5.75 Å². The molecule has 2 aromatic heterocycles. The topological polar surface area (TPSA) is 120 Å². The number of nitrogens with one attached hydrogen (secondary N) is 3. The normalized spacial score (nSPS) is 11.9. The van der Waals surface area contributed by atoms with Crippen molar-refractivity contribution in [2.24, 2.45) is 0 Å². The standard InChI is InChI=1S/C28H20Cl2F2N4O4/c29-18-7-8-19(31)17(24(18)32)13-40-28(39)34-21(10-14-4-2-1-3-5-14)27-35-25(26(30)36-27)15-6-9-20-16(11-15)22(37)12-23(38)33-20/h1-9,11-12,21H,10,13H2,(H,34,39)(H,35,36)(H2,33,37,38)/t21-/m0/s1. The first kappa shape index (κ1) is 27.2. The number of aromatic amines is 2. The van der Waals surface area contributed by atoms with Crippen LogP contribution < -0.4 is 10.9 Å². The van der Waals surface area contributed by atoms with Crippen molar-refractivity contribution in [3.05, 3.63) is 116 Å². The average molecular weight is 585 g/mol. The van der Waals surface area contributed by atoms with Crippen LogP contribution in [-0.2, 0) is 17.8 Å². The fourth-order valence-corrected chi connectivity index (χ4v) is 4.62. The van der Waals surface area contributed by atoms with E-state index in [0.717, 1.165) is 23.8 Å². The number of aromatic hydroxyl groups is 1. The van der Waals surface area contributed by atoms with Gasteiger partial charge in [0.1, 0.15) is 34.8 Å². The van der Waals surface area contributed by atoms with E-state index in [1.54, 1.807) is 18.2 Å². The molecule has 4 N–H and O–H groups in total. The zero-order valence-electron chi connectivity index (χ0n) is 20.5. The van der Waals surface area contributed by atoms with E-state index in [1.165, 1.54) is 0 Å². The monoisotopic (exact) mass is 584 g/mol. The van der Waals surface area contributed by atoms with Gasteiger partial charge in [-0.1, -0.05) is 59.6 Å². The Morgan fingerprint density at radius 3 is 2.60 bits per heavy atom. The summed E-state index contributed by atoms with van der Waals surface area (Å²) in [7, 11) is 0. The highest BCUT2D eigenvalue weighted by Crippen LogP contribution is 2.32. The van der Waals surface area contributed by atoms with Gasteiger partial charge in [-0.15, -0.1) is 0 Å². The minimum Gasteiger partial charge on any atom is -0.507 e. The van der Waals surface area contributed by atoms with Crippen LogP contribution in [0.25, 0.3) is 22.2 Å². The summed E-state index contributed by atoms with van der Waals surface area (Å²) in [5, 5.41) is 13.2. The van der Waals surface area contributed by atoms with Gasteiger partial charge in [-0.25, -0.2) is 18.6 Å². The van der Waals surface area contributed by atoms with Gasteiger partial charge in [0.2, 0.25) is 0 Å². The Labute approximate surface area is 235 Å². The van der Waals surface area contributed by atoms with Crippen LogP contribution in [-0.4, -0.2) is 26.2 Å². The van der Waals surface area contributed by atoms with Crippen LogP contribution in [0, 0.1) is 11.6 Å². The lowest BCUT2D eigenvalue weighted by atomic mass is 10.1. The lowest BCUT2D eigenvalue weighted by molar-refractivity contribution is 0.132. The number of carbonyl (C=O) groups is 1. The van der Waals surface area contributed by atoms with Crippen LogP contribution in [0.4, 0.5) is 13.6 Å². The third-order valence-electron chi connectivity index (χ3n) is 6.16. The van der Waals surface area contributed by atoms with E-state index in [9.17, 15) is 23.5 Å². The predicted octanol–water partition coefficient (Wildman–Crippen LogP) is 6.42. The summed E-state index contributed by atoms with van der Waals surface area (Å²) in [6.07, 6.45) is -0.674. The zero-order chi connectivity index (χ0) is 28.4. The SMILES string of the molecule is O=C(N[C@@H](Cc1ccccc1)c1nc(-c2ccc3[nH]c(=O)cc(O)c3c2)c(Cl)[nH]1)OCc1c(F)ccc(Cl)c1F. The number of H-pyrrole nitrogens is 2. The molecule has 2 heterocycles. The molecule has 0 aliphatic heterocycles. The van der Waals surface area contributed by atoms with E-state index in [2.05, 4.69) is 20.3 Å². The van der Waals surface area contributed by atoms with Crippen molar-refractivity contribution in [1.82, 2.24) is 20.3 Å². The molecule has 0 aliphatic rings. The Morgan fingerprint density at radius 2 is 1.82 bits per heavy atom. The molecule has 8 nitrogen and oxygen atoms in total. The van der Waals surface area contributed by atoms with E-state index in [-0.39, 0.29) is 28.2 Å². The van der Waals surface area contributed by atoms with Crippen molar-refractivity contribution in [3.8, 4) is 17.0 Å². The number of alkyl carbamates (subject to hydrolysis) is 1. The van der Waals surface area contributed by atoms with Gasteiger partial charge in [0.05, 0.1) is 22.1 Å². The van der Waals surface area contributed by atoms with Crippen LogP contribution in [0.1, 0.15) is 23.0 Å². The number of imidazole rings is 1. The van der Waals surface area contributed by atoms with Crippen LogP contribution in [0.2, 0.25) is 10.2 Å². The van der Waals surface area contributed by atoms with Gasteiger partial charge in [0, 0.05) is 23.4 Å². The Morgan fingerprint density at radius 1 is 1.05 bits per heavy atom. The number of hydrogen-bond acceptors (Lipinski definition) is 5. The van der Waals surface area contributed by atoms with Gasteiger partial charge in [0.25, 0.3) is 5.56 Å². The highest BCUT2D eigenvalue weighted by Gasteiger charge is 2.23. The summed E-state index contributed by atoms with van der Waals surface area (Å²) in [4.78, 5) is 34.6. The van der Waals surface area contributed by atoms with Crippen molar-refractivity contribution in [1.29, 1.82) is 0 Å². The molecule has 40 heavy (non-hydrogen) atoms. The minimum atomic E-state index is -1.01. The maximum atomic E-state index is 14.2. The van der Waals surface area contributed by atoms with Gasteiger partial charge in [-0.2, -0.15) is 0 Å². The zero-order valence-corrected chi connectivity index (χ0v) is 22.0. The van der Waals surface area contributed by atoms with Gasteiger partial charge >= 0.3 is 6.09 Å². The fourth-order valence-electron chi connectivity index (χ4n) is 4.20. The summed E-state index contributed by atoms with van der Waals surface area (Å²) in [5.74, 6) is -1.83. The second-order valence-electron chi connectivity index (χ2n) is 8.85. The maximum absolute atomic E-state index is 14.2. The molecular formula is C28H20Cl2F2N4O4. The molecule has 5 aromatic rings. The molecule has 0 radical (unpaired) electrons. The maximum Gasteiger partial charge on any atom is 0.408 e. The molecule has 0 aliphatic carbocycles. The molecule has 0 saturated heterocycles. The smallest absolute Gasteiger partial charge is 0.408 e. The lowest BCUT2D eigenvalue weighted by Crippen LogP contribution is -2.31. The quantitative estimate of drug-likeness (QED) is 0.164. The third-order valence-corrected chi connectivity index (χ3v) is 6.73. The minimum absolute atomic E-state index is 0.162. The second kappa shape index (κ2) is 11.4. The highest BCUT2D eigenvalue weighted by atomic mass is 35.5. The largest absolute Gasteiger partial charge is 0.507 e. The summed E-state index contributed by atoms with van der Waals surface area (Å²) in [5.41, 5.74) is 1.23. The Bertz CT molecular complexity index is 1780. The molecular weight excluding hydrogens is 565 g/mol. The van der Waals surface area contributed by atoms with Crippen molar-refractivity contribution in [3.63, 3.8) is 0 Å². The van der Waals surface area contributed by atoms with Gasteiger partial charge in [0.15, 0.2) is 5.82 Å². The van der Waals surface area contributed by atoms with Crippen molar-refractivity contribution in [2.75, 3.05) is 0 Å². The first-order valence-corrected chi connectivity index (χ1v) is 12.7. The number of halogens is 4. The fraction of sp³-hybridized carbons (Fsp3) is 0.107. The van der Waals surface area contributed by atoms with E-state index in [1.807, 2.05) is 30.3 Å². The summed E-state index contributed by atoms with van der Waals surface area (Å²) < 4.78 is 33.4. The van der Waals surface area contributed by atoms with Gasteiger partial charge in [-0.05, 0) is 29.8 Å². The lowest BCUT2D eigenvalue weighted by Gasteiger charge is -2.17. The third kappa shape index (κ3) is 5.78. The van der Waals surface area contributed by atoms with Gasteiger partial charge < -0.3 is 25.1 Å². The number of nitrogens with zero attached hydrogens (tertiary/aromatic N) is 1. The predicted molar refractivity (Wildman–Crippen MR) is 146 cm³/mol. The van der Waals surface area contributed by atoms with E-state index in [0.29, 0.717) is 22.2 Å². The molecule has 5 rings (SSSR count). The Balaban J connectivity index is 1.42. The average Bonchev–Trinajstić information content (AvgIpc) is 3.32. The Kier molecular flexibility index (Phi) is 7.72. The molecule has 12 heteroatoms. The number of hydrogen-bond donors (Lipinski definition) is 4. The molecule has 0 saturated carbocycles. The van der Waals surface area contributed by atoms with Gasteiger partial charge in [-0.3, -0.25) is 4.79 Å². The second-order valence-corrected chi connectivity index (χ2v) is 9.63. The molecule has 0 bridgehead atoms. The first-order valence-electron chi connectivity index (χ1n) is 11.9. The molecule has 0 fully saturated rings. The van der Waals surface area contributed by atoms with Crippen molar-refractivity contribution >= 4 is 40.2 Å². The van der Waals surface area contributed by atoms with Crippen LogP contribution in [0.15, 0.2) is 71.5 Å². The number of aromatic nitrogens is 3. The molecule has 1 atom stereocenters. The number of benzene rings is 3. The first-order chi connectivity index (χ1) is 19.2. The van der Waals surface area contributed by atoms with E-state index >= 15 is 0 Å². The molecule has 3 aromatic carbocycles. The molecule has 0 spiro atoms. The van der Waals surface area contributed by atoms with Crippen molar-refractivity contribution < 1.29 is 23.4 Å². The van der Waals surface area contributed by atoms with Crippen LogP contribution in [0.3, 0.4) is 0 Å². The molecule has 204 valence electrons. The summed E-state index contributed by atoms with van der Waals surface area (Å²) >= 11 is 12.2. The molecule has 1 amide bonds. The van der Waals surface area contributed by atoms with Crippen LogP contribution >= 0.6 is 23.2 Å². The summed E-state index contributed by atoms with van der Waals surface area (Å²) in [6, 6.07) is 16.5. The number of fused-ring (bicyclic) bond motifs is 1. The van der Waals surface area contributed by atoms with E-state index < -0.39 is 41.5 Å². The number of carbonyl (C=O) groups excluding carboxylic acids is 1. The number of rotatable bonds is 7.